The van der Waals surface area contributed by atoms with Crippen LogP contribution in [0.1, 0.15) is 24.0 Å². The van der Waals surface area contributed by atoms with Gasteiger partial charge in [0.25, 0.3) is 0 Å². The van der Waals surface area contributed by atoms with Crippen LogP contribution in [0.25, 0.3) is 11.1 Å². The number of fused-ring (bicyclic) bond motifs is 5. The molecule has 1 aliphatic rings. The van der Waals surface area contributed by atoms with Crippen LogP contribution < -0.4 is 27.8 Å². The van der Waals surface area contributed by atoms with Gasteiger partial charge < -0.3 is 37.7 Å². The fourth-order valence-electron chi connectivity index (χ4n) is 3.92. The molecule has 10 nitrogen and oxygen atoms in total. The van der Waals surface area contributed by atoms with E-state index in [0.29, 0.717) is 29.8 Å². The zero-order valence-electron chi connectivity index (χ0n) is 19.0. The van der Waals surface area contributed by atoms with E-state index in [1.807, 2.05) is 12.1 Å². The molecule has 4 bridgehead atoms. The Labute approximate surface area is 197 Å². The Bertz CT molecular complexity index is 1070. The maximum atomic E-state index is 13.1. The molecule has 10 heteroatoms. The standard InChI is InChI=1S/C24H31N5O5/c1-34-24(33)20-12-15-9-13(4-6-17(15)26)14-5-7-21(30)16(10-14)11-18(27)22(31)28-19(3-2-8-25)23(32)29-20/h4-7,9-10,18-20,30H,2-3,8,11-12,25-27H2,1H3,(H,28,31)(H,29,32)/t18-,19-,20-/m0/s1. The van der Waals surface area contributed by atoms with Crippen LogP contribution in [0.4, 0.5) is 5.69 Å². The number of carbonyl (C=O) groups is 3. The number of phenolic OH excluding ortho intramolecular Hbond substituents is 1. The number of nitrogens with two attached hydrogens (primary N) is 3. The number of hydrogen-bond acceptors (Lipinski definition) is 8. The van der Waals surface area contributed by atoms with E-state index >= 15 is 0 Å². The first-order valence-electron chi connectivity index (χ1n) is 11.1. The molecule has 1 heterocycles. The zero-order chi connectivity index (χ0) is 24.8. The lowest BCUT2D eigenvalue weighted by atomic mass is 9.95. The molecule has 2 amide bonds. The molecule has 3 atom stereocenters. The summed E-state index contributed by atoms with van der Waals surface area (Å²) in [5.74, 6) is -1.75. The Morgan fingerprint density at radius 2 is 1.74 bits per heavy atom. The minimum Gasteiger partial charge on any atom is -0.508 e. The van der Waals surface area contributed by atoms with Gasteiger partial charge in [-0.2, -0.15) is 0 Å². The van der Waals surface area contributed by atoms with E-state index in [-0.39, 0.29) is 25.0 Å². The summed E-state index contributed by atoms with van der Waals surface area (Å²) in [4.78, 5) is 38.4. The topological polar surface area (TPSA) is 183 Å². The summed E-state index contributed by atoms with van der Waals surface area (Å²) in [7, 11) is 1.23. The second-order valence-electron chi connectivity index (χ2n) is 8.35. The second kappa shape index (κ2) is 11.0. The van der Waals surface area contributed by atoms with Crippen molar-refractivity contribution < 1.29 is 24.2 Å². The SMILES string of the molecule is COC(=O)[C@@H]1Cc2cc(ccc2N)-c2ccc(O)c(c2)C[C@H](N)C(=O)N[C@@H](CCCN)C(=O)N1. The molecule has 34 heavy (non-hydrogen) atoms. The minimum absolute atomic E-state index is 0.00941. The number of phenols is 1. The number of methoxy groups -OCH3 is 1. The predicted octanol–water partition coefficient (Wildman–Crippen LogP) is -0.0512. The fourth-order valence-corrected chi connectivity index (χ4v) is 3.92. The van der Waals surface area contributed by atoms with Gasteiger partial charge >= 0.3 is 5.97 Å². The highest BCUT2D eigenvalue weighted by atomic mass is 16.5. The first-order chi connectivity index (χ1) is 16.2. The summed E-state index contributed by atoms with van der Waals surface area (Å²) in [6, 6.07) is 7.38. The molecule has 1 aliphatic heterocycles. The van der Waals surface area contributed by atoms with Gasteiger partial charge in [0.05, 0.1) is 13.2 Å². The van der Waals surface area contributed by atoms with Gasteiger partial charge in [0.15, 0.2) is 0 Å². The number of amides is 2. The van der Waals surface area contributed by atoms with Gasteiger partial charge in [0, 0.05) is 18.5 Å². The molecule has 0 spiro atoms. The number of ether oxygens (including phenoxy) is 1. The van der Waals surface area contributed by atoms with Gasteiger partial charge in [0.2, 0.25) is 11.8 Å². The Balaban J connectivity index is 2.09. The van der Waals surface area contributed by atoms with Gasteiger partial charge in [-0.15, -0.1) is 0 Å². The van der Waals surface area contributed by atoms with Gasteiger partial charge in [-0.3, -0.25) is 9.59 Å². The fraction of sp³-hybridized carbons (Fsp3) is 0.375. The number of nitrogen functional groups attached to an aromatic ring is 1. The molecule has 0 aliphatic carbocycles. The van der Waals surface area contributed by atoms with Crippen molar-refractivity contribution in [2.75, 3.05) is 19.4 Å². The Hall–Kier alpha value is -3.63. The lowest BCUT2D eigenvalue weighted by Gasteiger charge is -2.24. The average molecular weight is 470 g/mol. The van der Waals surface area contributed by atoms with Crippen LogP contribution in [-0.4, -0.2) is 54.7 Å². The smallest absolute Gasteiger partial charge is 0.328 e. The quantitative estimate of drug-likeness (QED) is 0.266. The van der Waals surface area contributed by atoms with Crippen LogP contribution in [-0.2, 0) is 32.0 Å². The molecule has 3 rings (SSSR count). The lowest BCUT2D eigenvalue weighted by Crippen LogP contribution is -2.55. The first kappa shape index (κ1) is 25.0. The molecule has 0 unspecified atom stereocenters. The van der Waals surface area contributed by atoms with Crippen molar-refractivity contribution in [2.24, 2.45) is 11.5 Å². The van der Waals surface area contributed by atoms with Crippen molar-refractivity contribution in [2.45, 2.75) is 43.8 Å². The maximum absolute atomic E-state index is 13.1. The van der Waals surface area contributed by atoms with E-state index in [1.54, 1.807) is 18.2 Å². The third-order valence-corrected chi connectivity index (χ3v) is 5.89. The van der Waals surface area contributed by atoms with Crippen LogP contribution in [0.3, 0.4) is 0 Å². The monoisotopic (exact) mass is 469 g/mol. The van der Waals surface area contributed by atoms with Crippen molar-refractivity contribution in [1.82, 2.24) is 10.6 Å². The van der Waals surface area contributed by atoms with Crippen LogP contribution >= 0.6 is 0 Å². The highest BCUT2D eigenvalue weighted by molar-refractivity contribution is 5.92. The Morgan fingerprint density at radius 3 is 2.41 bits per heavy atom. The van der Waals surface area contributed by atoms with Crippen molar-refractivity contribution in [1.29, 1.82) is 0 Å². The second-order valence-corrected chi connectivity index (χ2v) is 8.35. The lowest BCUT2D eigenvalue weighted by molar-refractivity contribution is -0.145. The van der Waals surface area contributed by atoms with E-state index in [1.165, 1.54) is 13.2 Å². The van der Waals surface area contributed by atoms with Crippen LogP contribution in [0.5, 0.6) is 5.75 Å². The molecule has 2 aromatic rings. The normalized spacial score (nSPS) is 21.0. The molecule has 182 valence electrons. The number of rotatable bonds is 4. The van der Waals surface area contributed by atoms with Crippen molar-refractivity contribution in [3.8, 4) is 16.9 Å². The predicted molar refractivity (Wildman–Crippen MR) is 128 cm³/mol. The van der Waals surface area contributed by atoms with Gasteiger partial charge in [-0.05, 0) is 65.9 Å². The van der Waals surface area contributed by atoms with E-state index in [9.17, 15) is 19.5 Å². The third-order valence-electron chi connectivity index (χ3n) is 5.89. The molecule has 2 aromatic carbocycles. The zero-order valence-corrected chi connectivity index (χ0v) is 19.0. The number of hydrogen-bond donors (Lipinski definition) is 6. The Morgan fingerprint density at radius 1 is 1.06 bits per heavy atom. The summed E-state index contributed by atoms with van der Waals surface area (Å²) in [5, 5.41) is 15.7. The molecule has 0 fully saturated rings. The summed E-state index contributed by atoms with van der Waals surface area (Å²) in [6.45, 7) is 0.316. The van der Waals surface area contributed by atoms with E-state index in [4.69, 9.17) is 21.9 Å². The third kappa shape index (κ3) is 5.83. The van der Waals surface area contributed by atoms with Gasteiger partial charge in [0.1, 0.15) is 17.8 Å². The summed E-state index contributed by atoms with van der Waals surface area (Å²) >= 11 is 0. The number of nitrogens with one attached hydrogen (secondary N) is 2. The first-order valence-corrected chi connectivity index (χ1v) is 11.1. The minimum atomic E-state index is -1.03. The number of aromatic hydroxyl groups is 1. The van der Waals surface area contributed by atoms with Crippen LogP contribution in [0.15, 0.2) is 36.4 Å². The molecule has 0 radical (unpaired) electrons. The van der Waals surface area contributed by atoms with E-state index in [0.717, 1.165) is 11.1 Å². The summed E-state index contributed by atoms with van der Waals surface area (Å²) in [5.41, 5.74) is 21.0. The molecule has 9 N–H and O–H groups in total. The number of benzene rings is 2. The highest BCUT2D eigenvalue weighted by Gasteiger charge is 2.29. The van der Waals surface area contributed by atoms with Gasteiger partial charge in [-0.1, -0.05) is 12.1 Å². The van der Waals surface area contributed by atoms with E-state index < -0.39 is 35.9 Å². The van der Waals surface area contributed by atoms with Crippen molar-refractivity contribution in [3.05, 3.63) is 47.5 Å². The van der Waals surface area contributed by atoms with Crippen LogP contribution in [0.2, 0.25) is 0 Å². The largest absolute Gasteiger partial charge is 0.508 e. The Kier molecular flexibility index (Phi) is 8.08. The molecule has 0 saturated heterocycles. The number of esters is 1. The average Bonchev–Trinajstić information content (AvgIpc) is 2.82. The molecule has 0 aromatic heterocycles. The molecule has 0 saturated carbocycles. The molecular weight excluding hydrogens is 438 g/mol. The maximum Gasteiger partial charge on any atom is 0.328 e. The van der Waals surface area contributed by atoms with Crippen molar-refractivity contribution >= 4 is 23.5 Å². The number of anilines is 1. The molecular formula is C24H31N5O5. The summed E-state index contributed by atoms with van der Waals surface area (Å²) < 4.78 is 4.89. The van der Waals surface area contributed by atoms with E-state index in [2.05, 4.69) is 10.6 Å². The summed E-state index contributed by atoms with van der Waals surface area (Å²) in [6.07, 6.45) is 0.866. The van der Waals surface area contributed by atoms with Gasteiger partial charge in [-0.25, -0.2) is 4.79 Å². The van der Waals surface area contributed by atoms with Crippen molar-refractivity contribution in [3.63, 3.8) is 0 Å². The van der Waals surface area contributed by atoms with Crippen LogP contribution in [0, 0.1) is 0 Å². The highest BCUT2D eigenvalue weighted by Crippen LogP contribution is 2.29. The number of carbonyl (C=O) groups excluding carboxylic acids is 3.